The molecule has 0 spiro atoms. The minimum atomic E-state index is -0.301. The largest absolute Gasteiger partial charge is 0.490 e. The molecular weight excluding hydrogens is 582 g/mol. The highest BCUT2D eigenvalue weighted by Gasteiger charge is 2.19. The Morgan fingerprint density at radius 2 is 1.90 bits per heavy atom. The van der Waals surface area contributed by atoms with Gasteiger partial charge in [0.1, 0.15) is 5.58 Å². The summed E-state index contributed by atoms with van der Waals surface area (Å²) in [4.78, 5) is 18.5. The molecule has 0 fully saturated rings. The van der Waals surface area contributed by atoms with Crippen LogP contribution in [0.25, 0.3) is 33.5 Å². The number of hydrogen-bond acceptors (Lipinski definition) is 6. The summed E-state index contributed by atoms with van der Waals surface area (Å²) in [5, 5.41) is 5.97. The number of furan rings is 1. The van der Waals surface area contributed by atoms with Crippen LogP contribution in [0.1, 0.15) is 38.8 Å². The van der Waals surface area contributed by atoms with Crippen molar-refractivity contribution >= 4 is 44.0 Å². The van der Waals surface area contributed by atoms with Gasteiger partial charge in [0.15, 0.2) is 17.3 Å². The minimum Gasteiger partial charge on any atom is -0.490 e. The zero-order valence-corrected chi connectivity index (χ0v) is 25.2. The maximum Gasteiger partial charge on any atom is 0.282 e. The van der Waals surface area contributed by atoms with E-state index in [2.05, 4.69) is 48.4 Å². The first-order valence-corrected chi connectivity index (χ1v) is 14.2. The summed E-state index contributed by atoms with van der Waals surface area (Å²) in [6.45, 7) is 13.2. The summed E-state index contributed by atoms with van der Waals surface area (Å²) in [5.74, 6) is 2.05. The Bertz CT molecular complexity index is 1830. The highest BCUT2D eigenvalue weighted by molar-refractivity contribution is 9.10. The minimum absolute atomic E-state index is 0.0253. The van der Waals surface area contributed by atoms with E-state index in [9.17, 15) is 4.79 Å². The number of rotatable bonds is 9. The molecule has 5 aromatic rings. The summed E-state index contributed by atoms with van der Waals surface area (Å²) in [7, 11) is 0. The van der Waals surface area contributed by atoms with E-state index in [0.717, 1.165) is 21.0 Å². The Kier molecular flexibility index (Phi) is 8.13. The van der Waals surface area contributed by atoms with E-state index < -0.39 is 0 Å². The average molecular weight is 615 g/mol. The Morgan fingerprint density at radius 1 is 1.10 bits per heavy atom. The molecule has 0 aliphatic carbocycles. The molecular formula is C33H32BrN3O4. The molecule has 2 heterocycles. The van der Waals surface area contributed by atoms with Gasteiger partial charge in [0, 0.05) is 15.4 Å². The fourth-order valence-corrected chi connectivity index (χ4v) is 4.80. The molecule has 0 atom stereocenters. The van der Waals surface area contributed by atoms with Crippen molar-refractivity contribution in [2.45, 2.75) is 34.1 Å². The Hall–Kier alpha value is -4.17. The molecule has 210 valence electrons. The van der Waals surface area contributed by atoms with Crippen LogP contribution in [0.15, 0.2) is 92.1 Å². The van der Waals surface area contributed by atoms with E-state index in [1.807, 2.05) is 61.5 Å². The Balaban J connectivity index is 1.64. The molecule has 0 aliphatic heterocycles. The van der Waals surface area contributed by atoms with Crippen molar-refractivity contribution in [2.24, 2.45) is 10.5 Å². The lowest BCUT2D eigenvalue weighted by molar-refractivity contribution is 0.187. The second-order valence-corrected chi connectivity index (χ2v) is 11.8. The van der Waals surface area contributed by atoms with Gasteiger partial charge in [-0.15, -0.1) is 6.58 Å². The number of para-hydroxylation sites is 1. The van der Waals surface area contributed by atoms with Gasteiger partial charge in [0.2, 0.25) is 5.82 Å². The van der Waals surface area contributed by atoms with Crippen LogP contribution < -0.4 is 15.0 Å². The van der Waals surface area contributed by atoms with Crippen molar-refractivity contribution in [3.8, 4) is 23.1 Å². The van der Waals surface area contributed by atoms with Gasteiger partial charge in [-0.1, -0.05) is 54.9 Å². The van der Waals surface area contributed by atoms with Crippen molar-refractivity contribution in [1.82, 2.24) is 9.66 Å². The van der Waals surface area contributed by atoms with Crippen LogP contribution in [0.5, 0.6) is 11.5 Å². The molecule has 0 saturated carbocycles. The van der Waals surface area contributed by atoms with Gasteiger partial charge in [0.25, 0.3) is 5.56 Å². The third-order valence-electron chi connectivity index (χ3n) is 6.24. The molecule has 3 aromatic carbocycles. The van der Waals surface area contributed by atoms with E-state index >= 15 is 0 Å². The van der Waals surface area contributed by atoms with E-state index in [1.54, 1.807) is 18.3 Å². The van der Waals surface area contributed by atoms with Crippen molar-refractivity contribution < 1.29 is 13.9 Å². The first-order chi connectivity index (χ1) is 19.7. The number of benzene rings is 3. The Labute approximate surface area is 247 Å². The highest BCUT2D eigenvalue weighted by Crippen LogP contribution is 2.35. The molecule has 8 heteroatoms. The van der Waals surface area contributed by atoms with E-state index in [-0.39, 0.29) is 11.0 Å². The lowest BCUT2D eigenvalue weighted by Crippen LogP contribution is -2.20. The van der Waals surface area contributed by atoms with Crippen molar-refractivity contribution in [1.29, 1.82) is 0 Å². The summed E-state index contributed by atoms with van der Waals surface area (Å²) >= 11 is 3.50. The monoisotopic (exact) mass is 613 g/mol. The molecule has 41 heavy (non-hydrogen) atoms. The van der Waals surface area contributed by atoms with Crippen molar-refractivity contribution in [3.63, 3.8) is 0 Å². The number of ether oxygens (including phenoxy) is 2. The second kappa shape index (κ2) is 11.7. The van der Waals surface area contributed by atoms with Crippen molar-refractivity contribution in [2.75, 3.05) is 13.2 Å². The summed E-state index contributed by atoms with van der Waals surface area (Å²) in [6.07, 6.45) is 4.04. The maximum atomic E-state index is 13.7. The normalized spacial score (nSPS) is 11.9. The molecule has 0 bridgehead atoms. The van der Waals surface area contributed by atoms with Crippen molar-refractivity contribution in [3.05, 3.63) is 99.3 Å². The SMILES string of the molecule is C=CCc1cc(C=Nn2c(-c3cc4cc(Br)ccc4o3)nc3ccccc3c2=O)cc(OCC)c1OCC(C)(C)C. The summed E-state index contributed by atoms with van der Waals surface area (Å²) in [5.41, 5.74) is 2.58. The number of halogens is 1. The third-order valence-corrected chi connectivity index (χ3v) is 6.74. The molecule has 0 N–H and O–H groups in total. The highest BCUT2D eigenvalue weighted by atomic mass is 79.9. The molecule has 7 nitrogen and oxygen atoms in total. The van der Waals surface area contributed by atoms with Gasteiger partial charge < -0.3 is 13.9 Å². The first-order valence-electron chi connectivity index (χ1n) is 13.5. The number of aromatic nitrogens is 2. The van der Waals surface area contributed by atoms with Gasteiger partial charge in [-0.05, 0) is 72.9 Å². The zero-order valence-electron chi connectivity index (χ0n) is 23.6. The van der Waals surface area contributed by atoms with Crippen LogP contribution in [-0.2, 0) is 6.42 Å². The summed E-state index contributed by atoms with van der Waals surface area (Å²) in [6, 6.07) is 18.6. The van der Waals surface area contributed by atoms with Gasteiger partial charge in [-0.25, -0.2) is 4.98 Å². The average Bonchev–Trinajstić information content (AvgIpc) is 3.35. The third kappa shape index (κ3) is 6.28. The van der Waals surface area contributed by atoms with Gasteiger partial charge in [-0.3, -0.25) is 4.79 Å². The van der Waals surface area contributed by atoms with Gasteiger partial charge in [0.05, 0.1) is 30.3 Å². The smallest absolute Gasteiger partial charge is 0.282 e. The number of hydrogen-bond donors (Lipinski definition) is 0. The molecule has 0 unspecified atom stereocenters. The second-order valence-electron chi connectivity index (χ2n) is 10.9. The zero-order chi connectivity index (χ0) is 29.1. The predicted octanol–water partition coefficient (Wildman–Crippen LogP) is 8.01. The summed E-state index contributed by atoms with van der Waals surface area (Å²) < 4.78 is 20.5. The predicted molar refractivity (Wildman–Crippen MR) is 168 cm³/mol. The lowest BCUT2D eigenvalue weighted by atomic mass is 9.98. The molecule has 0 amide bonds. The standard InChI is InChI=1S/C33H32BrN3O4/c1-6-10-22-15-21(16-28(39-7-2)30(22)40-20-33(3,4)5)19-35-37-31(36-26-12-9-8-11-25(26)32(37)38)29-18-23-17-24(34)13-14-27(23)41-29/h6,8-9,11-19H,1,7,10,20H2,2-5H3. The van der Waals surface area contributed by atoms with Crippen LogP contribution in [0.4, 0.5) is 0 Å². The number of fused-ring (bicyclic) bond motifs is 2. The van der Waals surface area contributed by atoms with Crippen LogP contribution in [0.3, 0.4) is 0 Å². The van der Waals surface area contributed by atoms with E-state index in [0.29, 0.717) is 59.2 Å². The quantitative estimate of drug-likeness (QED) is 0.124. The first kappa shape index (κ1) is 28.4. The van der Waals surface area contributed by atoms with Gasteiger partial charge >= 0.3 is 0 Å². The Morgan fingerprint density at radius 3 is 2.66 bits per heavy atom. The van der Waals surface area contributed by atoms with Crippen LogP contribution >= 0.6 is 15.9 Å². The van der Waals surface area contributed by atoms with Gasteiger partial charge in [-0.2, -0.15) is 9.78 Å². The fraction of sp³-hybridized carbons (Fsp3) is 0.242. The van der Waals surface area contributed by atoms with Crippen LogP contribution in [-0.4, -0.2) is 29.1 Å². The number of allylic oxidation sites excluding steroid dienone is 1. The fourth-order valence-electron chi connectivity index (χ4n) is 4.42. The van der Waals surface area contributed by atoms with Crippen LogP contribution in [0.2, 0.25) is 0 Å². The topological polar surface area (TPSA) is 78.9 Å². The lowest BCUT2D eigenvalue weighted by Gasteiger charge is -2.22. The molecule has 0 saturated heterocycles. The molecule has 2 aromatic heterocycles. The molecule has 0 radical (unpaired) electrons. The van der Waals surface area contributed by atoms with E-state index in [1.165, 1.54) is 4.68 Å². The maximum absolute atomic E-state index is 13.7. The molecule has 5 rings (SSSR count). The molecule has 0 aliphatic rings. The van der Waals surface area contributed by atoms with E-state index in [4.69, 9.17) is 18.9 Å². The van der Waals surface area contributed by atoms with Crippen LogP contribution in [0, 0.1) is 5.41 Å². The number of nitrogens with zero attached hydrogens (tertiary/aromatic N) is 3.